The third-order valence-corrected chi connectivity index (χ3v) is 4.62. The Balaban J connectivity index is 2.24. The molecule has 0 atom stereocenters. The first kappa shape index (κ1) is 19.8. The van der Waals surface area contributed by atoms with Gasteiger partial charge in [0.1, 0.15) is 6.33 Å². The van der Waals surface area contributed by atoms with Gasteiger partial charge in [-0.3, -0.25) is 0 Å². The number of urea groups is 1. The Morgan fingerprint density at radius 2 is 1.79 bits per heavy atom. The number of nitrogens with zero attached hydrogens (tertiary/aromatic N) is 5. The van der Waals surface area contributed by atoms with Crippen molar-refractivity contribution in [2.45, 2.75) is 0 Å². The summed E-state index contributed by atoms with van der Waals surface area (Å²) in [6, 6.07) is 11.3. The molecule has 8 nitrogen and oxygen atoms in total. The van der Waals surface area contributed by atoms with Crippen LogP contribution in [-0.2, 0) is 4.74 Å². The average Bonchev–Trinajstić information content (AvgIpc) is 3.11. The normalized spacial score (nSPS) is 10.6. The third kappa shape index (κ3) is 3.56. The SMILES string of the molecule is COC(=O)N(N(C(=O)N(C)C)c1ccc(Cl)c(Cl)c1)n1cnc2ccccc21. The zero-order valence-corrected chi connectivity index (χ0v) is 16.8. The second-order valence-electron chi connectivity index (χ2n) is 5.92. The first-order valence-corrected chi connectivity index (χ1v) is 8.87. The number of hydrogen-bond acceptors (Lipinski definition) is 4. The van der Waals surface area contributed by atoms with Crippen LogP contribution >= 0.6 is 23.2 Å². The summed E-state index contributed by atoms with van der Waals surface area (Å²) in [5.41, 5.74) is 1.56. The van der Waals surface area contributed by atoms with Crippen molar-refractivity contribution in [2.75, 3.05) is 31.3 Å². The molecule has 0 bridgehead atoms. The molecule has 0 N–H and O–H groups in total. The Morgan fingerprint density at radius 1 is 1.07 bits per heavy atom. The Bertz CT molecular complexity index is 1040. The van der Waals surface area contributed by atoms with Gasteiger partial charge in [-0.2, -0.15) is 5.01 Å². The standard InChI is InChI=1S/C18H17Cl2N5O3/c1-22(2)17(26)24(12-8-9-13(19)14(20)10-12)25(18(27)28-3)23-11-21-15-6-4-5-7-16(15)23/h4-11H,1-3H3. The summed E-state index contributed by atoms with van der Waals surface area (Å²) < 4.78 is 6.36. The van der Waals surface area contributed by atoms with E-state index in [4.69, 9.17) is 27.9 Å². The number of aromatic nitrogens is 2. The van der Waals surface area contributed by atoms with Gasteiger partial charge in [0.25, 0.3) is 0 Å². The lowest BCUT2D eigenvalue weighted by Gasteiger charge is -2.35. The maximum Gasteiger partial charge on any atom is 0.449 e. The van der Waals surface area contributed by atoms with Crippen LogP contribution in [0.2, 0.25) is 10.0 Å². The third-order valence-electron chi connectivity index (χ3n) is 3.88. The molecule has 1 heterocycles. The molecule has 0 saturated heterocycles. The fourth-order valence-electron chi connectivity index (χ4n) is 2.55. The fourth-order valence-corrected chi connectivity index (χ4v) is 2.84. The van der Waals surface area contributed by atoms with Crippen LogP contribution < -0.4 is 10.1 Å². The van der Waals surface area contributed by atoms with E-state index in [1.54, 1.807) is 38.4 Å². The van der Waals surface area contributed by atoms with Gasteiger partial charge in [-0.1, -0.05) is 35.3 Å². The summed E-state index contributed by atoms with van der Waals surface area (Å²) in [6.45, 7) is 0. The van der Waals surface area contributed by atoms with Crippen molar-refractivity contribution in [3.8, 4) is 0 Å². The number of carbonyl (C=O) groups excluding carboxylic acids is 2. The second-order valence-corrected chi connectivity index (χ2v) is 6.74. The van der Waals surface area contributed by atoms with Crippen molar-refractivity contribution in [1.82, 2.24) is 14.6 Å². The molecule has 0 aliphatic rings. The minimum atomic E-state index is -0.801. The van der Waals surface area contributed by atoms with Crippen LogP contribution in [0.15, 0.2) is 48.8 Å². The summed E-state index contributed by atoms with van der Waals surface area (Å²) in [4.78, 5) is 31.4. The van der Waals surface area contributed by atoms with Crippen LogP contribution in [0.25, 0.3) is 11.0 Å². The molecule has 0 saturated carbocycles. The molecule has 1 aromatic heterocycles. The average molecular weight is 422 g/mol. The number of ether oxygens (including phenoxy) is 1. The number of hydrogen-bond donors (Lipinski definition) is 0. The summed E-state index contributed by atoms with van der Waals surface area (Å²) in [6.07, 6.45) is 0.624. The number of amides is 3. The van der Waals surface area contributed by atoms with Crippen LogP contribution in [0.1, 0.15) is 0 Å². The maximum absolute atomic E-state index is 13.0. The lowest BCUT2D eigenvalue weighted by molar-refractivity contribution is 0.168. The predicted molar refractivity (Wildman–Crippen MR) is 108 cm³/mol. The van der Waals surface area contributed by atoms with Gasteiger partial charge in [0.15, 0.2) is 0 Å². The molecule has 0 spiro atoms. The lowest BCUT2D eigenvalue weighted by Crippen LogP contribution is -2.58. The number of fused-ring (bicyclic) bond motifs is 1. The van der Waals surface area contributed by atoms with E-state index in [0.29, 0.717) is 21.7 Å². The van der Waals surface area contributed by atoms with Crippen molar-refractivity contribution in [3.63, 3.8) is 0 Å². The highest BCUT2D eigenvalue weighted by Crippen LogP contribution is 2.29. The molecule has 28 heavy (non-hydrogen) atoms. The highest BCUT2D eigenvalue weighted by Gasteiger charge is 2.33. The molecule has 3 aromatic rings. The highest BCUT2D eigenvalue weighted by molar-refractivity contribution is 6.42. The van der Waals surface area contributed by atoms with Crippen LogP contribution in [0, 0.1) is 0 Å². The molecular weight excluding hydrogens is 405 g/mol. The first-order valence-electron chi connectivity index (χ1n) is 8.12. The molecule has 0 radical (unpaired) electrons. The maximum atomic E-state index is 13.0. The molecule has 0 aliphatic carbocycles. The van der Waals surface area contributed by atoms with Crippen LogP contribution in [0.5, 0.6) is 0 Å². The Morgan fingerprint density at radius 3 is 2.43 bits per heavy atom. The zero-order chi connectivity index (χ0) is 20.4. The van der Waals surface area contributed by atoms with Crippen molar-refractivity contribution < 1.29 is 14.3 Å². The zero-order valence-electron chi connectivity index (χ0n) is 15.3. The van der Waals surface area contributed by atoms with Gasteiger partial charge in [-0.25, -0.2) is 19.2 Å². The Labute approximate surface area is 171 Å². The van der Waals surface area contributed by atoms with Gasteiger partial charge < -0.3 is 9.64 Å². The number of halogens is 2. The van der Waals surface area contributed by atoms with Gasteiger partial charge in [-0.15, -0.1) is 5.12 Å². The number of benzene rings is 2. The van der Waals surface area contributed by atoms with Crippen molar-refractivity contribution in [1.29, 1.82) is 0 Å². The van der Waals surface area contributed by atoms with E-state index < -0.39 is 12.1 Å². The van der Waals surface area contributed by atoms with Crippen LogP contribution in [0.4, 0.5) is 15.3 Å². The molecule has 0 aliphatic heterocycles. The number of imidazole rings is 1. The summed E-state index contributed by atoms with van der Waals surface area (Å²) in [7, 11) is 4.35. The number of carbonyl (C=O) groups is 2. The van der Waals surface area contributed by atoms with E-state index in [-0.39, 0.29) is 5.02 Å². The summed E-state index contributed by atoms with van der Waals surface area (Å²) in [5, 5.41) is 2.72. The summed E-state index contributed by atoms with van der Waals surface area (Å²) in [5.74, 6) is 0. The van der Waals surface area contributed by atoms with Crippen molar-refractivity contribution in [2.24, 2.45) is 0 Å². The van der Waals surface area contributed by atoms with E-state index in [9.17, 15) is 9.59 Å². The molecule has 3 amide bonds. The van der Waals surface area contributed by atoms with Crippen molar-refractivity contribution in [3.05, 3.63) is 58.8 Å². The smallest absolute Gasteiger partial charge is 0.449 e. The van der Waals surface area contributed by atoms with E-state index in [1.165, 1.54) is 35.1 Å². The van der Waals surface area contributed by atoms with E-state index in [1.807, 2.05) is 6.07 Å². The Hall–Kier alpha value is -2.97. The number of anilines is 1. The van der Waals surface area contributed by atoms with Gasteiger partial charge in [0, 0.05) is 14.1 Å². The molecule has 0 fully saturated rings. The lowest BCUT2D eigenvalue weighted by atomic mass is 10.3. The molecular formula is C18H17Cl2N5O3. The largest absolute Gasteiger partial charge is 0.450 e. The highest BCUT2D eigenvalue weighted by atomic mass is 35.5. The molecule has 3 rings (SSSR count). The first-order chi connectivity index (χ1) is 13.3. The number of para-hydroxylation sites is 2. The van der Waals surface area contributed by atoms with E-state index >= 15 is 0 Å². The second kappa shape index (κ2) is 7.95. The molecule has 2 aromatic carbocycles. The Kier molecular flexibility index (Phi) is 5.62. The fraction of sp³-hybridized carbons (Fsp3) is 0.167. The summed E-state index contributed by atoms with van der Waals surface area (Å²) >= 11 is 12.2. The predicted octanol–water partition coefficient (Wildman–Crippen LogP) is 4.15. The molecule has 146 valence electrons. The van der Waals surface area contributed by atoms with Gasteiger partial charge in [0.2, 0.25) is 0 Å². The van der Waals surface area contributed by atoms with Crippen LogP contribution in [0.3, 0.4) is 0 Å². The number of methoxy groups -OCH3 is 1. The topological polar surface area (TPSA) is 70.9 Å². The van der Waals surface area contributed by atoms with Gasteiger partial charge in [0.05, 0.1) is 33.9 Å². The van der Waals surface area contributed by atoms with Crippen LogP contribution in [-0.4, -0.2) is 47.9 Å². The molecule has 10 heteroatoms. The monoisotopic (exact) mass is 421 g/mol. The number of rotatable bonds is 2. The molecule has 0 unspecified atom stereocenters. The van der Waals surface area contributed by atoms with Gasteiger partial charge >= 0.3 is 12.1 Å². The van der Waals surface area contributed by atoms with Crippen molar-refractivity contribution >= 4 is 52.0 Å². The minimum absolute atomic E-state index is 0.232. The minimum Gasteiger partial charge on any atom is -0.450 e. The van der Waals surface area contributed by atoms with E-state index in [2.05, 4.69) is 4.98 Å². The van der Waals surface area contributed by atoms with Gasteiger partial charge in [-0.05, 0) is 30.3 Å². The quantitative estimate of drug-likeness (QED) is 0.582. The number of hydrazine groups is 1. The van der Waals surface area contributed by atoms with E-state index in [0.717, 1.165) is 10.1 Å².